The molecule has 11 heteroatoms. The van der Waals surface area contributed by atoms with Gasteiger partial charge in [-0.25, -0.2) is 9.78 Å². The first-order valence-corrected chi connectivity index (χ1v) is 9.41. The third-order valence-corrected chi connectivity index (χ3v) is 4.00. The molecule has 1 heterocycles. The number of hydrogen-bond donors (Lipinski definition) is 1. The monoisotopic (exact) mass is 453 g/mol. The van der Waals surface area contributed by atoms with Gasteiger partial charge in [0.15, 0.2) is 5.71 Å². The van der Waals surface area contributed by atoms with Crippen molar-refractivity contribution in [2.24, 2.45) is 5.16 Å². The van der Waals surface area contributed by atoms with Gasteiger partial charge in [-0.05, 0) is 25.5 Å². The molecule has 1 aromatic heterocycles. The van der Waals surface area contributed by atoms with Crippen LogP contribution in [0.15, 0.2) is 41.7 Å². The smallest absolute Gasteiger partial charge is 0.421 e. The molecule has 1 amide bonds. The molecule has 0 unspecified atom stereocenters. The van der Waals surface area contributed by atoms with Crippen LogP contribution in [0.25, 0.3) is 0 Å². The summed E-state index contributed by atoms with van der Waals surface area (Å²) in [6, 6.07) is 6.99. The predicted molar refractivity (Wildman–Crippen MR) is 108 cm³/mol. The summed E-state index contributed by atoms with van der Waals surface area (Å²) in [6.07, 6.45) is -4.39. The first-order chi connectivity index (χ1) is 15.1. The first kappa shape index (κ1) is 24.6. The fourth-order valence-corrected chi connectivity index (χ4v) is 2.61. The molecule has 1 aromatic carbocycles. The van der Waals surface area contributed by atoms with E-state index in [1.54, 1.807) is 38.1 Å². The average Bonchev–Trinajstić information content (AvgIpc) is 2.74. The Hall–Kier alpha value is -3.63. The SMILES string of the molecule is CNC(=O)/C(=N\OC)c1ccccc1COc1ncc(C(=O)OC(C)C)cc1C(F)(F)F. The maximum absolute atomic E-state index is 13.6. The Balaban J connectivity index is 2.38. The van der Waals surface area contributed by atoms with Gasteiger partial charge in [0, 0.05) is 18.8 Å². The Morgan fingerprint density at radius 3 is 2.50 bits per heavy atom. The van der Waals surface area contributed by atoms with Crippen LogP contribution in [0.1, 0.15) is 40.9 Å². The van der Waals surface area contributed by atoms with Crippen LogP contribution in [0.2, 0.25) is 0 Å². The van der Waals surface area contributed by atoms with E-state index in [-0.39, 0.29) is 17.9 Å². The molecule has 0 radical (unpaired) electrons. The van der Waals surface area contributed by atoms with Crippen molar-refractivity contribution in [3.05, 3.63) is 58.8 Å². The van der Waals surface area contributed by atoms with Crippen LogP contribution in [0.4, 0.5) is 13.2 Å². The number of alkyl halides is 3. The molecule has 8 nitrogen and oxygen atoms in total. The molecule has 0 saturated heterocycles. The van der Waals surface area contributed by atoms with Crippen LogP contribution in [0, 0.1) is 0 Å². The number of ether oxygens (including phenoxy) is 2. The fourth-order valence-electron chi connectivity index (χ4n) is 2.61. The van der Waals surface area contributed by atoms with E-state index >= 15 is 0 Å². The van der Waals surface area contributed by atoms with Crippen LogP contribution in [-0.2, 0) is 27.2 Å². The Bertz CT molecular complexity index is 1010. The molecule has 2 aromatic rings. The summed E-state index contributed by atoms with van der Waals surface area (Å²) in [7, 11) is 2.66. The number of likely N-dealkylation sites (N-methyl/N-ethyl adjacent to an activating group) is 1. The Morgan fingerprint density at radius 2 is 1.91 bits per heavy atom. The lowest BCUT2D eigenvalue weighted by atomic mass is 10.0. The van der Waals surface area contributed by atoms with Crippen molar-refractivity contribution >= 4 is 17.6 Å². The standard InChI is InChI=1S/C21H22F3N3O5/c1-12(2)32-20(29)14-9-16(21(22,23)24)19(26-10-14)31-11-13-7-5-6-8-15(13)17(27-30-4)18(28)25-3/h5-10,12H,11H2,1-4H3,(H,25,28)/b27-17-. The first-order valence-electron chi connectivity index (χ1n) is 9.41. The van der Waals surface area contributed by atoms with Crippen molar-refractivity contribution in [3.8, 4) is 5.88 Å². The molecule has 172 valence electrons. The summed E-state index contributed by atoms with van der Waals surface area (Å²) in [5, 5.41) is 6.11. The van der Waals surface area contributed by atoms with Gasteiger partial charge >= 0.3 is 12.1 Å². The van der Waals surface area contributed by atoms with Crippen LogP contribution in [-0.4, -0.2) is 42.8 Å². The summed E-state index contributed by atoms with van der Waals surface area (Å²) in [6.45, 7) is 2.79. The van der Waals surface area contributed by atoms with Crippen LogP contribution < -0.4 is 10.1 Å². The third kappa shape index (κ3) is 6.19. The number of rotatable bonds is 8. The molecule has 0 aliphatic carbocycles. The zero-order valence-electron chi connectivity index (χ0n) is 17.8. The number of hydrogen-bond acceptors (Lipinski definition) is 7. The summed E-state index contributed by atoms with van der Waals surface area (Å²) in [5.41, 5.74) is -0.993. The second-order valence-electron chi connectivity index (χ2n) is 6.68. The molecule has 0 aliphatic heterocycles. The highest BCUT2D eigenvalue weighted by Crippen LogP contribution is 2.36. The van der Waals surface area contributed by atoms with Gasteiger partial charge in [0.1, 0.15) is 19.3 Å². The number of aromatic nitrogens is 1. The minimum Gasteiger partial charge on any atom is -0.472 e. The summed E-state index contributed by atoms with van der Waals surface area (Å²) < 4.78 is 51.0. The van der Waals surface area contributed by atoms with Gasteiger partial charge in [0.25, 0.3) is 5.91 Å². The molecule has 0 atom stereocenters. The van der Waals surface area contributed by atoms with Gasteiger partial charge in [-0.3, -0.25) is 4.79 Å². The zero-order chi connectivity index (χ0) is 23.9. The minimum atomic E-state index is -4.83. The third-order valence-electron chi connectivity index (χ3n) is 4.00. The van der Waals surface area contributed by atoms with Crippen LogP contribution in [0.3, 0.4) is 0 Å². The zero-order valence-corrected chi connectivity index (χ0v) is 17.8. The normalized spacial score (nSPS) is 11.8. The van der Waals surface area contributed by atoms with E-state index in [9.17, 15) is 22.8 Å². The number of oxime groups is 1. The van der Waals surface area contributed by atoms with E-state index in [2.05, 4.69) is 15.5 Å². The van der Waals surface area contributed by atoms with Crippen molar-refractivity contribution in [2.45, 2.75) is 32.7 Å². The highest BCUT2D eigenvalue weighted by molar-refractivity contribution is 6.45. The molecular weight excluding hydrogens is 431 g/mol. The lowest BCUT2D eigenvalue weighted by molar-refractivity contribution is -0.139. The van der Waals surface area contributed by atoms with E-state index in [1.165, 1.54) is 14.2 Å². The number of amides is 1. The summed E-state index contributed by atoms with van der Waals surface area (Å²) in [5.74, 6) is -2.21. The number of halogens is 3. The van der Waals surface area contributed by atoms with E-state index < -0.39 is 35.6 Å². The van der Waals surface area contributed by atoms with Gasteiger partial charge in [-0.15, -0.1) is 0 Å². The maximum atomic E-state index is 13.6. The largest absolute Gasteiger partial charge is 0.472 e. The highest BCUT2D eigenvalue weighted by Gasteiger charge is 2.36. The van der Waals surface area contributed by atoms with Gasteiger partial charge in [0.05, 0.1) is 11.7 Å². The molecule has 1 N–H and O–H groups in total. The minimum absolute atomic E-state index is 0.0787. The van der Waals surface area contributed by atoms with Gasteiger partial charge < -0.3 is 19.6 Å². The summed E-state index contributed by atoms with van der Waals surface area (Å²) in [4.78, 5) is 32.5. The van der Waals surface area contributed by atoms with Gasteiger partial charge in [-0.1, -0.05) is 29.4 Å². The Labute approximate surface area is 182 Å². The van der Waals surface area contributed by atoms with E-state index in [4.69, 9.17) is 14.3 Å². The number of pyridine rings is 1. The van der Waals surface area contributed by atoms with Gasteiger partial charge in [-0.2, -0.15) is 13.2 Å². The second kappa shape index (κ2) is 10.6. The molecule has 0 fully saturated rings. The quantitative estimate of drug-likeness (QED) is 0.374. The fraction of sp³-hybridized carbons (Fsp3) is 0.333. The van der Waals surface area contributed by atoms with Gasteiger partial charge in [0.2, 0.25) is 5.88 Å². The van der Waals surface area contributed by atoms with E-state index in [1.807, 2.05) is 0 Å². The molecule has 0 bridgehead atoms. The molecule has 32 heavy (non-hydrogen) atoms. The van der Waals surface area contributed by atoms with Crippen LogP contribution in [0.5, 0.6) is 5.88 Å². The molecule has 0 saturated carbocycles. The number of carbonyl (C=O) groups is 2. The molecular formula is C21H22F3N3O5. The van der Waals surface area contributed by atoms with Crippen LogP contribution >= 0.6 is 0 Å². The lowest BCUT2D eigenvalue weighted by Crippen LogP contribution is -2.29. The van der Waals surface area contributed by atoms with Crippen molar-refractivity contribution in [1.29, 1.82) is 0 Å². The number of nitrogens with one attached hydrogen (secondary N) is 1. The predicted octanol–water partition coefficient (Wildman–Crippen LogP) is 3.34. The Morgan fingerprint density at radius 1 is 1.22 bits per heavy atom. The lowest BCUT2D eigenvalue weighted by Gasteiger charge is -2.16. The highest BCUT2D eigenvalue weighted by atomic mass is 19.4. The summed E-state index contributed by atoms with van der Waals surface area (Å²) >= 11 is 0. The second-order valence-corrected chi connectivity index (χ2v) is 6.68. The maximum Gasteiger partial charge on any atom is 0.421 e. The molecule has 0 aliphatic rings. The van der Waals surface area contributed by atoms with Crippen molar-refractivity contribution in [2.75, 3.05) is 14.2 Å². The topological polar surface area (TPSA) is 99.1 Å². The molecule has 2 rings (SSSR count). The number of esters is 1. The number of benzene rings is 1. The average molecular weight is 453 g/mol. The number of carbonyl (C=O) groups excluding carboxylic acids is 2. The van der Waals surface area contributed by atoms with Crippen molar-refractivity contribution in [3.63, 3.8) is 0 Å². The van der Waals surface area contributed by atoms with Crippen molar-refractivity contribution < 1.29 is 37.1 Å². The molecule has 0 spiro atoms. The van der Waals surface area contributed by atoms with E-state index in [0.29, 0.717) is 17.2 Å². The Kier molecular flexibility index (Phi) is 8.16. The van der Waals surface area contributed by atoms with Crippen molar-refractivity contribution in [1.82, 2.24) is 10.3 Å². The number of nitrogens with zero attached hydrogens (tertiary/aromatic N) is 2. The van der Waals surface area contributed by atoms with E-state index in [0.717, 1.165) is 6.20 Å².